The molecule has 5 nitrogen and oxygen atoms in total. The van der Waals surface area contributed by atoms with Gasteiger partial charge in [-0.2, -0.15) is 0 Å². The minimum Gasteiger partial charge on any atom is -0.490 e. The van der Waals surface area contributed by atoms with Gasteiger partial charge < -0.3 is 9.47 Å². The molecule has 4 rings (SSSR count). The Morgan fingerprint density at radius 2 is 1.96 bits per heavy atom. The number of thiazole rings is 1. The lowest BCUT2D eigenvalue weighted by molar-refractivity contribution is 0.302. The molecule has 0 N–H and O–H groups in total. The van der Waals surface area contributed by atoms with Crippen LogP contribution in [0.3, 0.4) is 0 Å². The zero-order valence-electron chi connectivity index (χ0n) is 15.2. The predicted octanol–water partition coefficient (Wildman–Crippen LogP) is 5.15. The number of nitrogens with zero attached hydrogens (tertiary/aromatic N) is 3. The molecule has 0 saturated carbocycles. The Kier molecular flexibility index (Phi) is 4.61. The molecule has 0 saturated heterocycles. The lowest BCUT2D eigenvalue weighted by Crippen LogP contribution is -1.97. The number of fused-ring (bicyclic) bond motifs is 2. The van der Waals surface area contributed by atoms with E-state index in [9.17, 15) is 4.39 Å². The van der Waals surface area contributed by atoms with Gasteiger partial charge >= 0.3 is 0 Å². The molecule has 7 heteroatoms. The first-order valence-electron chi connectivity index (χ1n) is 8.63. The van der Waals surface area contributed by atoms with Gasteiger partial charge in [-0.3, -0.25) is 0 Å². The van der Waals surface area contributed by atoms with E-state index in [1.54, 1.807) is 19.4 Å². The molecule has 2 aromatic heterocycles. The second kappa shape index (κ2) is 7.08. The van der Waals surface area contributed by atoms with E-state index in [2.05, 4.69) is 15.0 Å². The van der Waals surface area contributed by atoms with E-state index in [0.29, 0.717) is 18.0 Å². The number of hydrogen-bond acceptors (Lipinski definition) is 6. The highest BCUT2D eigenvalue weighted by Gasteiger charge is 2.15. The van der Waals surface area contributed by atoms with E-state index in [0.717, 1.165) is 38.3 Å². The summed E-state index contributed by atoms with van der Waals surface area (Å²) >= 11 is 1.48. The molecule has 0 bridgehead atoms. The number of methoxy groups -OCH3 is 1. The van der Waals surface area contributed by atoms with Gasteiger partial charge in [0.2, 0.25) is 5.88 Å². The number of rotatable bonds is 5. The Morgan fingerprint density at radius 1 is 1.11 bits per heavy atom. The van der Waals surface area contributed by atoms with Crippen molar-refractivity contribution in [1.29, 1.82) is 0 Å². The highest BCUT2D eigenvalue weighted by molar-refractivity contribution is 7.21. The van der Waals surface area contributed by atoms with Crippen LogP contribution >= 0.6 is 11.3 Å². The van der Waals surface area contributed by atoms with E-state index in [1.165, 1.54) is 17.4 Å². The minimum absolute atomic E-state index is 0.262. The van der Waals surface area contributed by atoms with Crippen LogP contribution in [-0.2, 0) is 0 Å². The molecule has 0 aliphatic rings. The van der Waals surface area contributed by atoms with Crippen molar-refractivity contribution in [3.63, 3.8) is 0 Å². The highest BCUT2D eigenvalue weighted by atomic mass is 32.1. The third-order valence-electron chi connectivity index (χ3n) is 4.11. The lowest BCUT2D eigenvalue weighted by Gasteiger charge is -2.06. The molecule has 0 aliphatic heterocycles. The fraction of sp³-hybridized carbons (Fsp3) is 0.250. The van der Waals surface area contributed by atoms with E-state index < -0.39 is 5.82 Å². The molecule has 2 aromatic carbocycles. The second-order valence-electron chi connectivity index (χ2n) is 6.21. The summed E-state index contributed by atoms with van der Waals surface area (Å²) in [6.45, 7) is 4.46. The van der Waals surface area contributed by atoms with Gasteiger partial charge in [-0.1, -0.05) is 6.92 Å². The van der Waals surface area contributed by atoms with Crippen LogP contribution in [0.4, 0.5) is 4.39 Å². The standard InChI is InChI=1S/C20H18FN3O2S/c1-4-5-26-16-9-17-14(8-13(16)21)24-20(27-17)12-6-11(2)7-15-19(12)22-10-18(23-15)25-3/h6-10H,4-5H2,1-3H3. The molecule has 0 unspecified atom stereocenters. The predicted molar refractivity (Wildman–Crippen MR) is 105 cm³/mol. The van der Waals surface area contributed by atoms with Crippen LogP contribution < -0.4 is 9.47 Å². The van der Waals surface area contributed by atoms with Gasteiger partial charge in [0, 0.05) is 17.7 Å². The summed E-state index contributed by atoms with van der Waals surface area (Å²) in [5.41, 5.74) is 3.99. The monoisotopic (exact) mass is 383 g/mol. The maximum atomic E-state index is 14.3. The first-order valence-corrected chi connectivity index (χ1v) is 9.45. The molecule has 0 spiro atoms. The second-order valence-corrected chi connectivity index (χ2v) is 7.24. The normalized spacial score (nSPS) is 11.3. The van der Waals surface area contributed by atoms with E-state index in [-0.39, 0.29) is 5.75 Å². The summed E-state index contributed by atoms with van der Waals surface area (Å²) in [5.74, 6) is 0.327. The molecule has 0 fully saturated rings. The Labute approximate surface area is 159 Å². The van der Waals surface area contributed by atoms with Crippen LogP contribution in [0.2, 0.25) is 0 Å². The first-order chi connectivity index (χ1) is 13.1. The topological polar surface area (TPSA) is 57.1 Å². The van der Waals surface area contributed by atoms with Crippen LogP contribution in [0.5, 0.6) is 11.6 Å². The van der Waals surface area contributed by atoms with Gasteiger partial charge in [0.25, 0.3) is 0 Å². The molecule has 0 radical (unpaired) electrons. The van der Waals surface area contributed by atoms with Gasteiger partial charge in [-0.25, -0.2) is 19.3 Å². The van der Waals surface area contributed by atoms with Crippen LogP contribution in [0, 0.1) is 12.7 Å². The van der Waals surface area contributed by atoms with Gasteiger partial charge in [0.15, 0.2) is 11.6 Å². The number of ether oxygens (including phenoxy) is 2. The molecule has 0 amide bonds. The minimum atomic E-state index is -0.397. The Bertz CT molecular complexity index is 1140. The van der Waals surface area contributed by atoms with Gasteiger partial charge in [0.05, 0.1) is 41.2 Å². The van der Waals surface area contributed by atoms with Crippen molar-refractivity contribution in [3.05, 3.63) is 41.8 Å². The third-order valence-corrected chi connectivity index (χ3v) is 5.16. The molecular weight excluding hydrogens is 365 g/mol. The van der Waals surface area contributed by atoms with Crippen molar-refractivity contribution in [3.8, 4) is 22.2 Å². The van der Waals surface area contributed by atoms with Gasteiger partial charge in [-0.15, -0.1) is 11.3 Å². The zero-order valence-corrected chi connectivity index (χ0v) is 16.1. The molecule has 27 heavy (non-hydrogen) atoms. The number of aromatic nitrogens is 3. The summed E-state index contributed by atoms with van der Waals surface area (Å²) in [7, 11) is 1.56. The molecular formula is C20H18FN3O2S. The van der Waals surface area contributed by atoms with Gasteiger partial charge in [-0.05, 0) is 31.0 Å². The first kappa shape index (κ1) is 17.6. The zero-order chi connectivity index (χ0) is 19.0. The summed E-state index contributed by atoms with van der Waals surface area (Å²) in [5, 5.41) is 0.769. The van der Waals surface area contributed by atoms with Crippen molar-refractivity contribution in [2.75, 3.05) is 13.7 Å². The smallest absolute Gasteiger partial charge is 0.232 e. The Hall–Kier alpha value is -2.80. The fourth-order valence-electron chi connectivity index (χ4n) is 2.88. The van der Waals surface area contributed by atoms with E-state index in [1.807, 2.05) is 26.0 Å². The van der Waals surface area contributed by atoms with E-state index >= 15 is 0 Å². The summed E-state index contributed by atoms with van der Waals surface area (Å²) in [6, 6.07) is 7.12. The SMILES string of the molecule is CCCOc1cc2sc(-c3cc(C)cc4nc(OC)cnc34)nc2cc1F. The summed E-state index contributed by atoms with van der Waals surface area (Å²) in [4.78, 5) is 13.6. The number of benzene rings is 2. The van der Waals surface area contributed by atoms with Gasteiger partial charge in [0.1, 0.15) is 5.01 Å². The van der Waals surface area contributed by atoms with Crippen molar-refractivity contribution in [2.45, 2.75) is 20.3 Å². The van der Waals surface area contributed by atoms with Crippen molar-refractivity contribution < 1.29 is 13.9 Å². The van der Waals surface area contributed by atoms with Crippen molar-refractivity contribution in [2.24, 2.45) is 0 Å². The lowest BCUT2D eigenvalue weighted by atomic mass is 10.1. The van der Waals surface area contributed by atoms with Crippen LogP contribution in [0.15, 0.2) is 30.5 Å². The average molecular weight is 383 g/mol. The molecule has 2 heterocycles. The van der Waals surface area contributed by atoms with E-state index in [4.69, 9.17) is 9.47 Å². The number of halogens is 1. The molecule has 138 valence electrons. The quantitative estimate of drug-likeness (QED) is 0.477. The average Bonchev–Trinajstić information content (AvgIpc) is 3.07. The van der Waals surface area contributed by atoms with Crippen LogP contribution in [0.25, 0.3) is 31.8 Å². The number of aryl methyl sites for hydroxylation is 1. The van der Waals surface area contributed by atoms with Crippen molar-refractivity contribution in [1.82, 2.24) is 15.0 Å². The van der Waals surface area contributed by atoms with Crippen LogP contribution in [0.1, 0.15) is 18.9 Å². The maximum absolute atomic E-state index is 14.3. The van der Waals surface area contributed by atoms with Crippen molar-refractivity contribution >= 4 is 32.6 Å². The Balaban J connectivity index is 1.86. The van der Waals surface area contributed by atoms with Crippen LogP contribution in [-0.4, -0.2) is 28.7 Å². The molecule has 4 aromatic rings. The number of hydrogen-bond donors (Lipinski definition) is 0. The molecule has 0 atom stereocenters. The largest absolute Gasteiger partial charge is 0.490 e. The summed E-state index contributed by atoms with van der Waals surface area (Å²) < 4.78 is 25.8. The maximum Gasteiger partial charge on any atom is 0.232 e. The summed E-state index contributed by atoms with van der Waals surface area (Å²) in [6.07, 6.45) is 2.41. The Morgan fingerprint density at radius 3 is 2.74 bits per heavy atom. The fourth-order valence-corrected chi connectivity index (χ4v) is 3.87. The third kappa shape index (κ3) is 3.30. The highest BCUT2D eigenvalue weighted by Crippen LogP contribution is 2.36. The molecule has 0 aliphatic carbocycles.